The normalized spacial score (nSPS) is 21.3. The van der Waals surface area contributed by atoms with Crippen LogP contribution in [-0.2, 0) is 4.74 Å². The van der Waals surface area contributed by atoms with E-state index >= 15 is 0 Å². The second kappa shape index (κ2) is 4.18. The molecule has 0 fully saturated rings. The van der Waals surface area contributed by atoms with Crippen LogP contribution in [-0.4, -0.2) is 0 Å². The minimum Gasteiger partial charge on any atom is -0.479 e. The van der Waals surface area contributed by atoms with E-state index < -0.39 is 0 Å². The molecule has 1 aromatic rings. The molecule has 0 aliphatic carbocycles. The smallest absolute Gasteiger partial charge is 0.159 e. The van der Waals surface area contributed by atoms with Crippen molar-refractivity contribution in [3.63, 3.8) is 0 Å². The SMILES string of the molecule is Cc1ccc(C2CCC=C(Br)O2)cc1. The molecule has 1 aliphatic heterocycles. The van der Waals surface area contributed by atoms with E-state index in [1.54, 1.807) is 0 Å². The molecule has 0 aromatic heterocycles. The molecule has 74 valence electrons. The highest BCUT2D eigenvalue weighted by Crippen LogP contribution is 2.32. The summed E-state index contributed by atoms with van der Waals surface area (Å²) in [6, 6.07) is 8.55. The Morgan fingerprint density at radius 2 is 2.00 bits per heavy atom. The van der Waals surface area contributed by atoms with Crippen molar-refractivity contribution in [2.45, 2.75) is 25.9 Å². The minimum absolute atomic E-state index is 0.218. The quantitative estimate of drug-likeness (QED) is 0.732. The Morgan fingerprint density at radius 1 is 1.29 bits per heavy atom. The summed E-state index contributed by atoms with van der Waals surface area (Å²) in [7, 11) is 0. The van der Waals surface area contributed by atoms with Gasteiger partial charge in [-0.25, -0.2) is 0 Å². The van der Waals surface area contributed by atoms with E-state index in [1.165, 1.54) is 11.1 Å². The van der Waals surface area contributed by atoms with Gasteiger partial charge in [-0.15, -0.1) is 0 Å². The van der Waals surface area contributed by atoms with E-state index in [1.807, 2.05) is 0 Å². The fraction of sp³-hybridized carbons (Fsp3) is 0.333. The van der Waals surface area contributed by atoms with Gasteiger partial charge in [0.25, 0.3) is 0 Å². The first-order valence-electron chi connectivity index (χ1n) is 4.84. The molecule has 14 heavy (non-hydrogen) atoms. The third kappa shape index (κ3) is 2.18. The predicted octanol–water partition coefficient (Wildman–Crippen LogP) is 4.08. The van der Waals surface area contributed by atoms with Crippen molar-refractivity contribution in [1.82, 2.24) is 0 Å². The van der Waals surface area contributed by atoms with Gasteiger partial charge >= 0.3 is 0 Å². The highest BCUT2D eigenvalue weighted by atomic mass is 79.9. The van der Waals surface area contributed by atoms with Gasteiger partial charge in [0, 0.05) is 0 Å². The largest absolute Gasteiger partial charge is 0.479 e. The van der Waals surface area contributed by atoms with Crippen molar-refractivity contribution in [2.24, 2.45) is 0 Å². The third-order valence-electron chi connectivity index (χ3n) is 2.44. The van der Waals surface area contributed by atoms with Crippen molar-refractivity contribution in [3.05, 3.63) is 46.1 Å². The highest BCUT2D eigenvalue weighted by molar-refractivity contribution is 9.11. The third-order valence-corrected chi connectivity index (χ3v) is 2.95. The van der Waals surface area contributed by atoms with Gasteiger partial charge in [0.15, 0.2) is 4.67 Å². The molecule has 1 aliphatic rings. The molecule has 0 saturated heterocycles. The second-order valence-electron chi connectivity index (χ2n) is 3.60. The summed E-state index contributed by atoms with van der Waals surface area (Å²) in [6.07, 6.45) is 4.44. The molecule has 0 saturated carbocycles. The number of benzene rings is 1. The summed E-state index contributed by atoms with van der Waals surface area (Å²) in [5.74, 6) is 0. The Balaban J connectivity index is 2.16. The van der Waals surface area contributed by atoms with Crippen LogP contribution in [0.2, 0.25) is 0 Å². The van der Waals surface area contributed by atoms with Crippen LogP contribution in [0.4, 0.5) is 0 Å². The van der Waals surface area contributed by atoms with Crippen molar-refractivity contribution >= 4 is 15.9 Å². The fourth-order valence-electron chi connectivity index (χ4n) is 1.61. The molecule has 0 radical (unpaired) electrons. The van der Waals surface area contributed by atoms with Gasteiger partial charge < -0.3 is 4.74 Å². The molecule has 2 rings (SSSR count). The van der Waals surface area contributed by atoms with E-state index in [0.29, 0.717) is 0 Å². The molecule has 1 unspecified atom stereocenters. The molecule has 1 heterocycles. The molecule has 1 atom stereocenters. The zero-order chi connectivity index (χ0) is 9.97. The molecular formula is C12H13BrO. The lowest BCUT2D eigenvalue weighted by molar-refractivity contribution is 0.118. The summed E-state index contributed by atoms with van der Waals surface area (Å²) in [6.45, 7) is 2.10. The number of ether oxygens (including phenoxy) is 1. The maximum atomic E-state index is 5.69. The van der Waals surface area contributed by atoms with Crippen LogP contribution in [0.15, 0.2) is 35.0 Å². The lowest BCUT2D eigenvalue weighted by atomic mass is 10.0. The molecule has 1 aromatic carbocycles. The first kappa shape index (κ1) is 9.78. The molecule has 2 heteroatoms. The highest BCUT2D eigenvalue weighted by Gasteiger charge is 2.16. The van der Waals surface area contributed by atoms with Gasteiger partial charge in [-0.05, 0) is 47.3 Å². The number of rotatable bonds is 1. The van der Waals surface area contributed by atoms with Crippen molar-refractivity contribution in [3.8, 4) is 0 Å². The van der Waals surface area contributed by atoms with Crippen molar-refractivity contribution in [1.29, 1.82) is 0 Å². The van der Waals surface area contributed by atoms with Crippen LogP contribution < -0.4 is 0 Å². The lowest BCUT2D eigenvalue weighted by Gasteiger charge is -2.22. The van der Waals surface area contributed by atoms with Gasteiger partial charge in [0.05, 0.1) is 0 Å². The topological polar surface area (TPSA) is 9.23 Å². The van der Waals surface area contributed by atoms with E-state index in [4.69, 9.17) is 4.74 Å². The Kier molecular flexibility index (Phi) is 2.92. The average molecular weight is 253 g/mol. The second-order valence-corrected chi connectivity index (χ2v) is 4.38. The Bertz CT molecular complexity index is 340. The van der Waals surface area contributed by atoms with Gasteiger partial charge in [0.2, 0.25) is 0 Å². The first-order valence-corrected chi connectivity index (χ1v) is 5.64. The summed E-state index contributed by atoms with van der Waals surface area (Å²) in [5, 5.41) is 0. The monoisotopic (exact) mass is 252 g/mol. The zero-order valence-electron chi connectivity index (χ0n) is 8.16. The zero-order valence-corrected chi connectivity index (χ0v) is 9.75. The maximum absolute atomic E-state index is 5.69. The minimum atomic E-state index is 0.218. The van der Waals surface area contributed by atoms with Crippen molar-refractivity contribution < 1.29 is 4.74 Å². The Labute approximate surface area is 92.9 Å². The lowest BCUT2D eigenvalue weighted by Crippen LogP contribution is -2.05. The number of aryl methyl sites for hydroxylation is 1. The van der Waals surface area contributed by atoms with Crippen LogP contribution in [0.25, 0.3) is 0 Å². The maximum Gasteiger partial charge on any atom is 0.159 e. The average Bonchev–Trinajstić information content (AvgIpc) is 2.19. The van der Waals surface area contributed by atoms with Crippen LogP contribution >= 0.6 is 15.9 Å². The fourth-order valence-corrected chi connectivity index (χ4v) is 2.06. The van der Waals surface area contributed by atoms with E-state index in [9.17, 15) is 0 Å². The Morgan fingerprint density at radius 3 is 2.64 bits per heavy atom. The summed E-state index contributed by atoms with van der Waals surface area (Å²) >= 11 is 3.38. The molecule has 0 bridgehead atoms. The molecule has 0 spiro atoms. The van der Waals surface area contributed by atoms with Crippen molar-refractivity contribution in [2.75, 3.05) is 0 Å². The number of hydrogen-bond donors (Lipinski definition) is 0. The van der Waals surface area contributed by atoms with E-state index in [2.05, 4.69) is 53.2 Å². The van der Waals surface area contributed by atoms with E-state index in [-0.39, 0.29) is 6.10 Å². The van der Waals surface area contributed by atoms with Gasteiger partial charge in [-0.3, -0.25) is 0 Å². The van der Waals surface area contributed by atoms with Crippen LogP contribution in [0.1, 0.15) is 30.1 Å². The number of halogens is 1. The molecular weight excluding hydrogens is 240 g/mol. The van der Waals surface area contributed by atoms with Gasteiger partial charge in [-0.2, -0.15) is 0 Å². The molecule has 1 nitrogen and oxygen atoms in total. The number of allylic oxidation sites excluding steroid dienone is 1. The number of hydrogen-bond acceptors (Lipinski definition) is 1. The summed E-state index contributed by atoms with van der Waals surface area (Å²) in [5.41, 5.74) is 2.56. The predicted molar refractivity (Wildman–Crippen MR) is 61.2 cm³/mol. The summed E-state index contributed by atoms with van der Waals surface area (Å²) < 4.78 is 6.56. The van der Waals surface area contributed by atoms with Crippen LogP contribution in [0.5, 0.6) is 0 Å². The van der Waals surface area contributed by atoms with Gasteiger partial charge in [0.1, 0.15) is 6.10 Å². The molecule has 0 amide bonds. The Hall–Kier alpha value is -0.760. The molecule has 0 N–H and O–H groups in total. The van der Waals surface area contributed by atoms with Gasteiger partial charge in [-0.1, -0.05) is 29.8 Å². The first-order chi connectivity index (χ1) is 6.75. The van der Waals surface area contributed by atoms with Crippen LogP contribution in [0, 0.1) is 6.92 Å². The summed E-state index contributed by atoms with van der Waals surface area (Å²) in [4.78, 5) is 0. The van der Waals surface area contributed by atoms with E-state index in [0.717, 1.165) is 17.5 Å². The standard InChI is InChI=1S/C12H13BrO/c1-9-5-7-10(8-6-9)11-3-2-4-12(13)14-11/h4-8,11H,2-3H2,1H3. The van der Waals surface area contributed by atoms with Crippen LogP contribution in [0.3, 0.4) is 0 Å².